The molecule has 0 aliphatic carbocycles. The summed E-state index contributed by atoms with van der Waals surface area (Å²) in [7, 11) is 1.61. The fraction of sp³-hybridized carbons (Fsp3) is 0.500. The second-order valence-corrected chi connectivity index (χ2v) is 4.41. The third-order valence-electron chi connectivity index (χ3n) is 2.28. The molecule has 0 atom stereocenters. The first-order valence-corrected chi connectivity index (χ1v) is 5.12. The van der Waals surface area contributed by atoms with Gasteiger partial charge in [-0.1, -0.05) is 6.07 Å². The molecule has 0 aromatic heterocycles. The molecule has 0 heterocycles. The van der Waals surface area contributed by atoms with E-state index in [9.17, 15) is 8.78 Å². The van der Waals surface area contributed by atoms with Gasteiger partial charge in [0.05, 0.1) is 6.61 Å². The summed E-state index contributed by atoms with van der Waals surface area (Å²) in [5.74, 6) is -1.09. The Morgan fingerprint density at radius 1 is 1.31 bits per heavy atom. The summed E-state index contributed by atoms with van der Waals surface area (Å²) in [5, 5.41) is 3.15. The highest BCUT2D eigenvalue weighted by Gasteiger charge is 2.17. The standard InChI is InChI=1S/C12H17F2NO/c1-12(2,8-16-3)15-7-9-4-5-10(13)6-11(9)14/h4-6,15H,7-8H2,1-3H3. The molecule has 1 aromatic carbocycles. The van der Waals surface area contributed by atoms with Crippen LogP contribution >= 0.6 is 0 Å². The summed E-state index contributed by atoms with van der Waals surface area (Å²) >= 11 is 0. The minimum atomic E-state index is -0.558. The molecule has 0 unspecified atom stereocenters. The van der Waals surface area contributed by atoms with Gasteiger partial charge >= 0.3 is 0 Å². The number of hydrogen-bond donors (Lipinski definition) is 1. The molecule has 0 radical (unpaired) electrons. The third kappa shape index (κ3) is 3.87. The van der Waals surface area contributed by atoms with Crippen LogP contribution < -0.4 is 5.32 Å². The second kappa shape index (κ2) is 5.37. The van der Waals surface area contributed by atoms with Gasteiger partial charge in [-0.3, -0.25) is 0 Å². The molecule has 0 aliphatic rings. The Balaban J connectivity index is 2.61. The Kier molecular flexibility index (Phi) is 4.38. The van der Waals surface area contributed by atoms with E-state index in [2.05, 4.69) is 5.32 Å². The summed E-state index contributed by atoms with van der Waals surface area (Å²) in [5.41, 5.74) is 0.209. The molecule has 0 saturated heterocycles. The Morgan fingerprint density at radius 3 is 2.56 bits per heavy atom. The lowest BCUT2D eigenvalue weighted by Crippen LogP contribution is -2.42. The molecule has 0 spiro atoms. The average molecular weight is 229 g/mol. The van der Waals surface area contributed by atoms with Crippen LogP contribution in [0.1, 0.15) is 19.4 Å². The predicted molar refractivity (Wildman–Crippen MR) is 59.2 cm³/mol. The van der Waals surface area contributed by atoms with Crippen molar-refractivity contribution in [1.82, 2.24) is 5.32 Å². The number of ether oxygens (including phenoxy) is 1. The highest BCUT2D eigenvalue weighted by Crippen LogP contribution is 2.11. The van der Waals surface area contributed by atoms with E-state index in [1.54, 1.807) is 7.11 Å². The second-order valence-electron chi connectivity index (χ2n) is 4.41. The first-order valence-electron chi connectivity index (χ1n) is 5.12. The van der Waals surface area contributed by atoms with E-state index in [1.807, 2.05) is 13.8 Å². The van der Waals surface area contributed by atoms with Crippen molar-refractivity contribution in [3.8, 4) is 0 Å². The molecule has 90 valence electrons. The van der Waals surface area contributed by atoms with Crippen molar-refractivity contribution < 1.29 is 13.5 Å². The van der Waals surface area contributed by atoms with Crippen molar-refractivity contribution >= 4 is 0 Å². The van der Waals surface area contributed by atoms with Crippen molar-refractivity contribution in [2.45, 2.75) is 25.9 Å². The fourth-order valence-corrected chi connectivity index (χ4v) is 1.41. The maximum Gasteiger partial charge on any atom is 0.130 e. The lowest BCUT2D eigenvalue weighted by atomic mass is 10.1. The van der Waals surface area contributed by atoms with Gasteiger partial charge in [-0.15, -0.1) is 0 Å². The minimum absolute atomic E-state index is 0.240. The zero-order valence-electron chi connectivity index (χ0n) is 9.81. The Hall–Kier alpha value is -1.00. The molecule has 0 bridgehead atoms. The van der Waals surface area contributed by atoms with Gasteiger partial charge in [0.25, 0.3) is 0 Å². The van der Waals surface area contributed by atoms with Gasteiger partial charge in [0.1, 0.15) is 11.6 Å². The van der Waals surface area contributed by atoms with Gasteiger partial charge < -0.3 is 10.1 Å². The summed E-state index contributed by atoms with van der Waals surface area (Å²) < 4.78 is 31.0. The van der Waals surface area contributed by atoms with Crippen LogP contribution in [0.25, 0.3) is 0 Å². The smallest absolute Gasteiger partial charge is 0.130 e. The van der Waals surface area contributed by atoms with Crippen LogP contribution in [-0.4, -0.2) is 19.3 Å². The fourth-order valence-electron chi connectivity index (χ4n) is 1.41. The maximum atomic E-state index is 13.3. The lowest BCUT2D eigenvalue weighted by Gasteiger charge is -2.25. The number of halogens is 2. The average Bonchev–Trinajstić information content (AvgIpc) is 2.16. The van der Waals surface area contributed by atoms with E-state index in [1.165, 1.54) is 12.1 Å². The molecule has 0 amide bonds. The molecule has 0 aliphatic heterocycles. The van der Waals surface area contributed by atoms with Gasteiger partial charge in [0, 0.05) is 30.8 Å². The van der Waals surface area contributed by atoms with Crippen LogP contribution in [0.4, 0.5) is 8.78 Å². The summed E-state index contributed by atoms with van der Waals surface area (Å²) in [6.45, 7) is 4.79. The van der Waals surface area contributed by atoms with Crippen molar-refractivity contribution in [2.24, 2.45) is 0 Å². The highest BCUT2D eigenvalue weighted by atomic mass is 19.1. The molecule has 1 aromatic rings. The van der Waals surface area contributed by atoms with Crippen LogP contribution in [0.2, 0.25) is 0 Å². The molecular weight excluding hydrogens is 212 g/mol. The highest BCUT2D eigenvalue weighted by molar-refractivity contribution is 5.18. The number of methoxy groups -OCH3 is 1. The van der Waals surface area contributed by atoms with Crippen LogP contribution in [0.3, 0.4) is 0 Å². The first kappa shape index (κ1) is 13.1. The lowest BCUT2D eigenvalue weighted by molar-refractivity contribution is 0.127. The van der Waals surface area contributed by atoms with Crippen LogP contribution in [0.5, 0.6) is 0 Å². The van der Waals surface area contributed by atoms with Crippen LogP contribution in [-0.2, 0) is 11.3 Å². The van der Waals surface area contributed by atoms with Crippen molar-refractivity contribution in [1.29, 1.82) is 0 Å². The first-order chi connectivity index (χ1) is 7.44. The van der Waals surface area contributed by atoms with E-state index >= 15 is 0 Å². The van der Waals surface area contributed by atoms with Crippen molar-refractivity contribution in [3.05, 3.63) is 35.4 Å². The monoisotopic (exact) mass is 229 g/mol. The summed E-state index contributed by atoms with van der Waals surface area (Å²) in [4.78, 5) is 0. The summed E-state index contributed by atoms with van der Waals surface area (Å²) in [6, 6.07) is 3.59. The predicted octanol–water partition coefficient (Wildman–Crippen LogP) is 2.48. The number of nitrogens with one attached hydrogen (secondary N) is 1. The largest absolute Gasteiger partial charge is 0.383 e. The van der Waals surface area contributed by atoms with Gasteiger partial charge in [-0.25, -0.2) is 8.78 Å². The number of hydrogen-bond acceptors (Lipinski definition) is 2. The molecule has 1 N–H and O–H groups in total. The maximum absolute atomic E-state index is 13.3. The zero-order chi connectivity index (χ0) is 12.2. The van der Waals surface area contributed by atoms with Crippen LogP contribution in [0.15, 0.2) is 18.2 Å². The Morgan fingerprint density at radius 2 is 2.00 bits per heavy atom. The van der Waals surface area contributed by atoms with Gasteiger partial charge in [0.2, 0.25) is 0 Å². The molecule has 1 rings (SSSR count). The number of benzene rings is 1. The molecule has 0 saturated carbocycles. The van der Waals surface area contributed by atoms with Crippen molar-refractivity contribution in [3.63, 3.8) is 0 Å². The Bertz CT molecular complexity index is 353. The molecule has 0 fully saturated rings. The van der Waals surface area contributed by atoms with Crippen molar-refractivity contribution in [2.75, 3.05) is 13.7 Å². The van der Waals surface area contributed by atoms with E-state index in [-0.39, 0.29) is 5.54 Å². The minimum Gasteiger partial charge on any atom is -0.383 e. The normalized spacial score (nSPS) is 11.8. The van der Waals surface area contributed by atoms with E-state index < -0.39 is 11.6 Å². The molecule has 2 nitrogen and oxygen atoms in total. The Labute approximate surface area is 94.6 Å². The zero-order valence-corrected chi connectivity index (χ0v) is 9.81. The molecule has 16 heavy (non-hydrogen) atoms. The summed E-state index contributed by atoms with van der Waals surface area (Å²) in [6.07, 6.45) is 0. The topological polar surface area (TPSA) is 21.3 Å². The van der Waals surface area contributed by atoms with Gasteiger partial charge in [-0.2, -0.15) is 0 Å². The van der Waals surface area contributed by atoms with Crippen LogP contribution in [0, 0.1) is 11.6 Å². The SMILES string of the molecule is COCC(C)(C)NCc1ccc(F)cc1F. The number of rotatable bonds is 5. The molecular formula is C12H17F2NO. The van der Waals surface area contributed by atoms with E-state index in [0.29, 0.717) is 18.7 Å². The molecule has 4 heteroatoms. The van der Waals surface area contributed by atoms with E-state index in [4.69, 9.17) is 4.74 Å². The third-order valence-corrected chi connectivity index (χ3v) is 2.28. The quantitative estimate of drug-likeness (QED) is 0.837. The van der Waals surface area contributed by atoms with Gasteiger partial charge in [0.15, 0.2) is 0 Å². The van der Waals surface area contributed by atoms with Gasteiger partial charge in [-0.05, 0) is 19.9 Å². The van der Waals surface area contributed by atoms with E-state index in [0.717, 1.165) is 6.07 Å².